The minimum atomic E-state index is -0.635. The van der Waals surface area contributed by atoms with Crippen LogP contribution in [0.1, 0.15) is 23.2 Å². The Morgan fingerprint density at radius 2 is 2.17 bits per heavy atom. The molecule has 1 aliphatic heterocycles. The fourth-order valence-electron chi connectivity index (χ4n) is 2.15. The molecule has 2 amide bonds. The van der Waals surface area contributed by atoms with E-state index in [0.29, 0.717) is 23.9 Å². The molecule has 1 unspecified atom stereocenters. The molecule has 1 fully saturated rings. The van der Waals surface area contributed by atoms with E-state index in [2.05, 4.69) is 15.9 Å². The van der Waals surface area contributed by atoms with Crippen molar-refractivity contribution in [3.05, 3.63) is 34.1 Å². The Morgan fingerprint density at radius 1 is 1.44 bits per heavy atom. The van der Waals surface area contributed by atoms with E-state index in [1.54, 1.807) is 6.07 Å². The van der Waals surface area contributed by atoms with Crippen LogP contribution in [0.5, 0.6) is 0 Å². The van der Waals surface area contributed by atoms with E-state index in [0.717, 1.165) is 0 Å². The smallest absolute Gasteiger partial charge is 0.258 e. The van der Waals surface area contributed by atoms with Crippen molar-refractivity contribution in [1.82, 2.24) is 4.90 Å². The number of nitrogens with two attached hydrogens (primary N) is 1. The van der Waals surface area contributed by atoms with E-state index in [-0.39, 0.29) is 5.56 Å². The van der Waals surface area contributed by atoms with Crippen LogP contribution in [0.25, 0.3) is 0 Å². The molecule has 0 bridgehead atoms. The molecule has 0 aliphatic carbocycles. The Balaban J connectivity index is 2.34. The first kappa shape index (κ1) is 13.0. The highest BCUT2D eigenvalue weighted by molar-refractivity contribution is 9.10. The topological polar surface area (TPSA) is 63.4 Å². The van der Waals surface area contributed by atoms with Crippen LogP contribution in [-0.4, -0.2) is 29.3 Å². The van der Waals surface area contributed by atoms with Gasteiger partial charge in [-0.1, -0.05) is 6.07 Å². The Labute approximate surface area is 112 Å². The minimum Gasteiger partial charge on any atom is -0.368 e. The number of carbonyl (C=O) groups excluding carboxylic acids is 2. The van der Waals surface area contributed by atoms with Gasteiger partial charge in [0.05, 0.1) is 5.56 Å². The van der Waals surface area contributed by atoms with E-state index >= 15 is 0 Å². The van der Waals surface area contributed by atoms with Crippen LogP contribution in [0.2, 0.25) is 0 Å². The Kier molecular flexibility index (Phi) is 3.65. The first-order chi connectivity index (χ1) is 8.52. The number of halogens is 2. The van der Waals surface area contributed by atoms with Gasteiger partial charge in [0.2, 0.25) is 5.91 Å². The van der Waals surface area contributed by atoms with Gasteiger partial charge in [0.15, 0.2) is 0 Å². The summed E-state index contributed by atoms with van der Waals surface area (Å²) in [6, 6.07) is 3.68. The van der Waals surface area contributed by atoms with E-state index in [1.165, 1.54) is 17.0 Å². The zero-order valence-corrected chi connectivity index (χ0v) is 11.1. The second-order valence-electron chi connectivity index (χ2n) is 4.16. The highest BCUT2D eigenvalue weighted by atomic mass is 79.9. The van der Waals surface area contributed by atoms with Crippen molar-refractivity contribution >= 4 is 27.7 Å². The predicted octanol–water partition coefficient (Wildman–Crippen LogP) is 1.68. The Bertz CT molecular complexity index is 487. The highest BCUT2D eigenvalue weighted by Crippen LogP contribution is 2.25. The maximum atomic E-state index is 13.7. The summed E-state index contributed by atoms with van der Waals surface area (Å²) in [6.45, 7) is 0.424. The van der Waals surface area contributed by atoms with Crippen LogP contribution >= 0.6 is 15.9 Å². The number of hydrogen-bond acceptors (Lipinski definition) is 2. The molecule has 1 aromatic carbocycles. The standard InChI is InChI=1S/C12H12BrFN2O2/c13-7-3-1-4-8(14)10(7)12(18)16-6-2-5-9(16)11(15)17/h1,3-4,9H,2,5-6H2,(H2,15,17). The van der Waals surface area contributed by atoms with Gasteiger partial charge in [0.25, 0.3) is 5.91 Å². The molecule has 2 N–H and O–H groups in total. The van der Waals surface area contributed by atoms with Gasteiger partial charge >= 0.3 is 0 Å². The van der Waals surface area contributed by atoms with Crippen LogP contribution in [0, 0.1) is 5.82 Å². The van der Waals surface area contributed by atoms with Crippen LogP contribution in [-0.2, 0) is 4.79 Å². The molecule has 4 nitrogen and oxygen atoms in total. The monoisotopic (exact) mass is 314 g/mol. The molecule has 96 valence electrons. The molecule has 1 heterocycles. The molecule has 0 saturated carbocycles. The fraction of sp³-hybridized carbons (Fsp3) is 0.333. The molecule has 1 aromatic rings. The number of amides is 2. The van der Waals surface area contributed by atoms with E-state index < -0.39 is 23.7 Å². The summed E-state index contributed by atoms with van der Waals surface area (Å²) in [7, 11) is 0. The zero-order valence-electron chi connectivity index (χ0n) is 9.53. The van der Waals surface area contributed by atoms with Gasteiger partial charge in [-0.3, -0.25) is 9.59 Å². The Morgan fingerprint density at radius 3 is 2.78 bits per heavy atom. The van der Waals surface area contributed by atoms with E-state index in [9.17, 15) is 14.0 Å². The first-order valence-electron chi connectivity index (χ1n) is 5.56. The molecule has 1 aliphatic rings. The molecule has 1 atom stereocenters. The number of rotatable bonds is 2. The summed E-state index contributed by atoms with van der Waals surface area (Å²) in [4.78, 5) is 24.8. The third-order valence-electron chi connectivity index (χ3n) is 3.02. The summed E-state index contributed by atoms with van der Waals surface area (Å²) < 4.78 is 14.1. The van der Waals surface area contributed by atoms with Gasteiger partial charge in [-0.25, -0.2) is 4.39 Å². The third kappa shape index (κ3) is 2.25. The van der Waals surface area contributed by atoms with E-state index in [1.807, 2.05) is 0 Å². The Hall–Kier alpha value is -1.43. The number of nitrogens with zero attached hydrogens (tertiary/aromatic N) is 1. The van der Waals surface area contributed by atoms with Crippen LogP contribution < -0.4 is 5.73 Å². The maximum Gasteiger partial charge on any atom is 0.258 e. The lowest BCUT2D eigenvalue weighted by molar-refractivity contribution is -0.121. The molecule has 0 aromatic heterocycles. The zero-order chi connectivity index (χ0) is 13.3. The third-order valence-corrected chi connectivity index (χ3v) is 3.68. The van der Waals surface area contributed by atoms with Crippen molar-refractivity contribution in [3.8, 4) is 0 Å². The average Bonchev–Trinajstić information content (AvgIpc) is 2.77. The highest BCUT2D eigenvalue weighted by Gasteiger charge is 2.34. The SMILES string of the molecule is NC(=O)C1CCCN1C(=O)c1c(F)cccc1Br. The molecule has 2 rings (SSSR count). The lowest BCUT2D eigenvalue weighted by Crippen LogP contribution is -2.44. The number of hydrogen-bond donors (Lipinski definition) is 1. The van der Waals surface area contributed by atoms with Gasteiger partial charge < -0.3 is 10.6 Å². The van der Waals surface area contributed by atoms with Crippen LogP contribution in [0.4, 0.5) is 4.39 Å². The molecule has 1 saturated heterocycles. The molecule has 0 radical (unpaired) electrons. The van der Waals surface area contributed by atoms with Gasteiger partial charge in [0.1, 0.15) is 11.9 Å². The molecular formula is C12H12BrFN2O2. The number of benzene rings is 1. The van der Waals surface area contributed by atoms with Gasteiger partial charge in [-0.05, 0) is 40.9 Å². The van der Waals surface area contributed by atoms with E-state index in [4.69, 9.17) is 5.73 Å². The summed E-state index contributed by atoms with van der Waals surface area (Å²) >= 11 is 3.15. The minimum absolute atomic E-state index is 0.0503. The lowest BCUT2D eigenvalue weighted by atomic mass is 10.1. The number of likely N-dealkylation sites (tertiary alicyclic amines) is 1. The van der Waals surface area contributed by atoms with Crippen molar-refractivity contribution in [2.75, 3.05) is 6.54 Å². The predicted molar refractivity (Wildman–Crippen MR) is 67.4 cm³/mol. The van der Waals surface area contributed by atoms with Crippen LogP contribution in [0.3, 0.4) is 0 Å². The van der Waals surface area contributed by atoms with Crippen molar-refractivity contribution in [2.45, 2.75) is 18.9 Å². The quantitative estimate of drug-likeness (QED) is 0.902. The van der Waals surface area contributed by atoms with Crippen molar-refractivity contribution in [3.63, 3.8) is 0 Å². The average molecular weight is 315 g/mol. The number of primary amides is 1. The summed E-state index contributed by atoms with van der Waals surface area (Å²) in [5.74, 6) is -1.65. The van der Waals surface area contributed by atoms with Gasteiger partial charge in [-0.2, -0.15) is 0 Å². The number of carbonyl (C=O) groups is 2. The van der Waals surface area contributed by atoms with Gasteiger partial charge in [0, 0.05) is 11.0 Å². The van der Waals surface area contributed by atoms with Crippen molar-refractivity contribution in [1.29, 1.82) is 0 Å². The normalized spacial score (nSPS) is 19.0. The maximum absolute atomic E-state index is 13.7. The fourth-order valence-corrected chi connectivity index (χ4v) is 2.66. The van der Waals surface area contributed by atoms with Gasteiger partial charge in [-0.15, -0.1) is 0 Å². The van der Waals surface area contributed by atoms with Crippen LogP contribution in [0.15, 0.2) is 22.7 Å². The first-order valence-corrected chi connectivity index (χ1v) is 6.36. The second-order valence-corrected chi connectivity index (χ2v) is 5.01. The second kappa shape index (κ2) is 5.06. The summed E-state index contributed by atoms with van der Waals surface area (Å²) in [5, 5.41) is 0. The molecular weight excluding hydrogens is 303 g/mol. The largest absolute Gasteiger partial charge is 0.368 e. The molecule has 0 spiro atoms. The summed E-state index contributed by atoms with van der Waals surface area (Å²) in [5.41, 5.74) is 5.19. The lowest BCUT2D eigenvalue weighted by Gasteiger charge is -2.22. The summed E-state index contributed by atoms with van der Waals surface area (Å²) in [6.07, 6.45) is 1.23. The van der Waals surface area contributed by atoms with Crippen molar-refractivity contribution < 1.29 is 14.0 Å². The molecule has 18 heavy (non-hydrogen) atoms. The van der Waals surface area contributed by atoms with Crippen molar-refractivity contribution in [2.24, 2.45) is 5.73 Å². The molecule has 6 heteroatoms.